The number of sulfonamides is 1. The van der Waals surface area contributed by atoms with Crippen LogP contribution in [-0.2, 0) is 14.8 Å². The van der Waals surface area contributed by atoms with Crippen LogP contribution >= 0.6 is 0 Å². The standard InChI is InChI=1S/C18H30N6O4S/c1-3-20-17(23-15-7-12-24(13-8-15)18(25)28-4-2)21-10-11-22-29(26,27)16-6-5-9-19-14-16/h5-6,9,14-15,22H,3-4,7-8,10-13H2,1-2H3,(H2,20,21,23). The van der Waals surface area contributed by atoms with Gasteiger partial charge >= 0.3 is 6.09 Å². The minimum absolute atomic E-state index is 0.127. The summed E-state index contributed by atoms with van der Waals surface area (Å²) in [6.45, 7) is 6.54. The number of carbonyl (C=O) groups excluding carboxylic acids is 1. The second kappa shape index (κ2) is 11.6. The zero-order valence-corrected chi connectivity index (χ0v) is 17.7. The van der Waals surface area contributed by atoms with Crippen LogP contribution in [0.25, 0.3) is 0 Å². The highest BCUT2D eigenvalue weighted by molar-refractivity contribution is 7.89. The van der Waals surface area contributed by atoms with Gasteiger partial charge in [0.15, 0.2) is 5.96 Å². The first-order chi connectivity index (χ1) is 14.0. The quantitative estimate of drug-likeness (QED) is 0.315. The van der Waals surface area contributed by atoms with Crippen LogP contribution in [-0.4, -0.2) is 75.7 Å². The molecule has 3 N–H and O–H groups in total. The molecular formula is C18H30N6O4S. The number of hydrogen-bond acceptors (Lipinski definition) is 6. The number of guanidine groups is 1. The van der Waals surface area contributed by atoms with Gasteiger partial charge in [-0.3, -0.25) is 9.98 Å². The van der Waals surface area contributed by atoms with E-state index in [1.807, 2.05) is 6.92 Å². The minimum Gasteiger partial charge on any atom is -0.450 e. The van der Waals surface area contributed by atoms with Crippen molar-refractivity contribution in [1.29, 1.82) is 0 Å². The highest BCUT2D eigenvalue weighted by Crippen LogP contribution is 2.11. The highest BCUT2D eigenvalue weighted by Gasteiger charge is 2.24. The summed E-state index contributed by atoms with van der Waals surface area (Å²) in [6, 6.07) is 3.26. The molecule has 10 nitrogen and oxygen atoms in total. The third-order valence-corrected chi connectivity index (χ3v) is 5.77. The van der Waals surface area contributed by atoms with Crippen molar-refractivity contribution in [3.63, 3.8) is 0 Å². The first kappa shape index (κ1) is 22.9. The van der Waals surface area contributed by atoms with Crippen molar-refractivity contribution in [2.45, 2.75) is 37.6 Å². The van der Waals surface area contributed by atoms with E-state index >= 15 is 0 Å². The molecule has 2 heterocycles. The van der Waals surface area contributed by atoms with Crippen LogP contribution in [0.5, 0.6) is 0 Å². The lowest BCUT2D eigenvalue weighted by Gasteiger charge is -2.32. The normalized spacial score (nSPS) is 15.8. The molecule has 0 bridgehead atoms. The van der Waals surface area contributed by atoms with Gasteiger partial charge in [0.2, 0.25) is 10.0 Å². The predicted octanol–water partition coefficient (Wildman–Crippen LogP) is 0.536. The molecule has 1 amide bonds. The Morgan fingerprint density at radius 1 is 1.34 bits per heavy atom. The predicted molar refractivity (Wildman–Crippen MR) is 110 cm³/mol. The number of amides is 1. The van der Waals surface area contributed by atoms with Crippen molar-refractivity contribution in [3.8, 4) is 0 Å². The third kappa shape index (κ3) is 7.50. The molecule has 1 aliphatic heterocycles. The van der Waals surface area contributed by atoms with Crippen molar-refractivity contribution < 1.29 is 17.9 Å². The van der Waals surface area contributed by atoms with Crippen LogP contribution in [0.3, 0.4) is 0 Å². The van der Waals surface area contributed by atoms with Crippen molar-refractivity contribution in [2.75, 3.05) is 39.3 Å². The maximum Gasteiger partial charge on any atom is 0.409 e. The zero-order chi connectivity index (χ0) is 21.1. The Morgan fingerprint density at radius 2 is 2.10 bits per heavy atom. The molecular weight excluding hydrogens is 396 g/mol. The lowest BCUT2D eigenvalue weighted by atomic mass is 10.1. The van der Waals surface area contributed by atoms with Crippen molar-refractivity contribution in [2.24, 2.45) is 4.99 Å². The van der Waals surface area contributed by atoms with E-state index in [0.717, 1.165) is 12.8 Å². The summed E-state index contributed by atoms with van der Waals surface area (Å²) in [5.74, 6) is 0.627. The van der Waals surface area contributed by atoms with E-state index in [4.69, 9.17) is 4.74 Å². The summed E-state index contributed by atoms with van der Waals surface area (Å²) in [4.78, 5) is 21.9. The van der Waals surface area contributed by atoms with Gasteiger partial charge in [0.25, 0.3) is 0 Å². The molecule has 0 aliphatic carbocycles. The smallest absolute Gasteiger partial charge is 0.409 e. The van der Waals surface area contributed by atoms with E-state index in [1.165, 1.54) is 18.5 Å². The summed E-state index contributed by atoms with van der Waals surface area (Å²) < 4.78 is 31.9. The average Bonchev–Trinajstić information content (AvgIpc) is 2.72. The fourth-order valence-corrected chi connectivity index (χ4v) is 3.86. The number of pyridine rings is 1. The Balaban J connectivity index is 1.80. The Hall–Kier alpha value is -2.40. The van der Waals surface area contributed by atoms with Crippen molar-refractivity contribution in [1.82, 2.24) is 25.2 Å². The number of likely N-dealkylation sites (tertiary alicyclic amines) is 1. The molecule has 0 saturated carbocycles. The molecule has 1 saturated heterocycles. The van der Waals surface area contributed by atoms with Gasteiger partial charge in [0.05, 0.1) is 13.2 Å². The van der Waals surface area contributed by atoms with Crippen LogP contribution in [0.4, 0.5) is 4.79 Å². The monoisotopic (exact) mass is 426 g/mol. The maximum atomic E-state index is 12.2. The van der Waals surface area contributed by atoms with E-state index in [0.29, 0.717) is 32.2 Å². The number of nitrogens with one attached hydrogen (secondary N) is 3. The van der Waals surface area contributed by atoms with E-state index in [1.54, 1.807) is 17.9 Å². The lowest BCUT2D eigenvalue weighted by molar-refractivity contribution is 0.0963. The fourth-order valence-electron chi connectivity index (χ4n) is 2.87. The molecule has 1 aromatic rings. The van der Waals surface area contributed by atoms with E-state index in [-0.39, 0.29) is 30.1 Å². The molecule has 0 spiro atoms. The number of piperidine rings is 1. The van der Waals surface area contributed by atoms with Crippen molar-refractivity contribution >= 4 is 22.1 Å². The third-order valence-electron chi connectivity index (χ3n) is 4.32. The van der Waals surface area contributed by atoms with Gasteiger partial charge in [-0.2, -0.15) is 0 Å². The van der Waals surface area contributed by atoms with E-state index in [2.05, 4.69) is 25.3 Å². The zero-order valence-electron chi connectivity index (χ0n) is 16.9. The van der Waals surface area contributed by atoms with Gasteiger partial charge in [-0.05, 0) is 38.8 Å². The number of ether oxygens (including phenoxy) is 1. The van der Waals surface area contributed by atoms with Crippen LogP contribution < -0.4 is 15.4 Å². The summed E-state index contributed by atoms with van der Waals surface area (Å²) in [7, 11) is -3.59. The number of nitrogens with zero attached hydrogens (tertiary/aromatic N) is 3. The summed E-state index contributed by atoms with van der Waals surface area (Å²) >= 11 is 0. The van der Waals surface area contributed by atoms with Gasteiger partial charge in [-0.25, -0.2) is 17.9 Å². The summed E-state index contributed by atoms with van der Waals surface area (Å²) in [5, 5.41) is 6.51. The number of aromatic nitrogens is 1. The number of aliphatic imine (C=N–C) groups is 1. The van der Waals surface area contributed by atoms with Crippen LogP contribution in [0.1, 0.15) is 26.7 Å². The lowest BCUT2D eigenvalue weighted by Crippen LogP contribution is -2.50. The Bertz CT molecular complexity index is 764. The van der Waals surface area contributed by atoms with Gasteiger partial charge in [0.1, 0.15) is 4.90 Å². The Labute approximate surface area is 172 Å². The second-order valence-electron chi connectivity index (χ2n) is 6.45. The van der Waals surface area contributed by atoms with Crippen molar-refractivity contribution in [3.05, 3.63) is 24.5 Å². The fraction of sp³-hybridized carbons (Fsp3) is 0.611. The molecule has 1 fully saturated rings. The summed E-state index contributed by atoms with van der Waals surface area (Å²) in [5.41, 5.74) is 0. The average molecular weight is 427 g/mol. The second-order valence-corrected chi connectivity index (χ2v) is 8.22. The number of rotatable bonds is 8. The van der Waals surface area contributed by atoms with Crippen LogP contribution in [0, 0.1) is 0 Å². The molecule has 1 aromatic heterocycles. The topological polar surface area (TPSA) is 125 Å². The molecule has 0 radical (unpaired) electrons. The van der Waals surface area contributed by atoms with Gasteiger partial charge in [0, 0.05) is 44.6 Å². The van der Waals surface area contributed by atoms with Gasteiger partial charge in [-0.15, -0.1) is 0 Å². The molecule has 0 unspecified atom stereocenters. The van der Waals surface area contributed by atoms with E-state index in [9.17, 15) is 13.2 Å². The molecule has 0 aromatic carbocycles. The molecule has 29 heavy (non-hydrogen) atoms. The number of carbonyl (C=O) groups is 1. The molecule has 1 aliphatic rings. The minimum atomic E-state index is -3.59. The molecule has 2 rings (SSSR count). The maximum absolute atomic E-state index is 12.2. The highest BCUT2D eigenvalue weighted by atomic mass is 32.2. The Kier molecular flexibility index (Phi) is 9.13. The molecule has 0 atom stereocenters. The number of hydrogen-bond donors (Lipinski definition) is 3. The Morgan fingerprint density at radius 3 is 2.72 bits per heavy atom. The van der Waals surface area contributed by atoms with Gasteiger partial charge < -0.3 is 20.3 Å². The van der Waals surface area contributed by atoms with Gasteiger partial charge in [-0.1, -0.05) is 0 Å². The van der Waals surface area contributed by atoms with Crippen LogP contribution in [0.2, 0.25) is 0 Å². The first-order valence-corrected chi connectivity index (χ1v) is 11.3. The van der Waals surface area contributed by atoms with E-state index < -0.39 is 10.0 Å². The SMILES string of the molecule is CCNC(=NCCNS(=O)(=O)c1cccnc1)NC1CCN(C(=O)OCC)CC1. The largest absolute Gasteiger partial charge is 0.450 e. The van der Waals surface area contributed by atoms with Crippen LogP contribution in [0.15, 0.2) is 34.4 Å². The molecule has 11 heteroatoms. The first-order valence-electron chi connectivity index (χ1n) is 9.82. The molecule has 162 valence electrons. The summed E-state index contributed by atoms with van der Waals surface area (Å²) in [6.07, 6.45) is 4.13.